The molecule has 6 nitrogen and oxygen atoms in total. The van der Waals surface area contributed by atoms with Crippen LogP contribution in [0.5, 0.6) is 11.5 Å². The minimum Gasteiger partial charge on any atom is -0.447 e. The third-order valence-corrected chi connectivity index (χ3v) is 3.45. The molecule has 0 unspecified atom stereocenters. The second-order valence-corrected chi connectivity index (χ2v) is 5.86. The van der Waals surface area contributed by atoms with Gasteiger partial charge in [0.05, 0.1) is 11.1 Å². The average Bonchev–Trinajstić information content (AvgIpc) is 2.79. The van der Waals surface area contributed by atoms with Crippen LogP contribution in [0.25, 0.3) is 11.1 Å². The predicted octanol–water partition coefficient (Wildman–Crippen LogP) is 4.68. The Morgan fingerprint density at radius 1 is 1.28 bits per heavy atom. The van der Waals surface area contributed by atoms with E-state index in [2.05, 4.69) is 19.8 Å². The Morgan fingerprint density at radius 2 is 1.96 bits per heavy atom. The number of benzene rings is 1. The van der Waals surface area contributed by atoms with Gasteiger partial charge in [0, 0.05) is 23.4 Å². The normalized spacial score (nSPS) is 14.5. The number of nitrogens with zero attached hydrogens (tertiary/aromatic N) is 1. The minimum atomic E-state index is -3.72. The molecule has 0 spiro atoms. The molecule has 9 heteroatoms. The van der Waals surface area contributed by atoms with Gasteiger partial charge >= 0.3 is 12.4 Å². The van der Waals surface area contributed by atoms with Crippen molar-refractivity contribution in [3.8, 4) is 22.6 Å². The maximum absolute atomic E-state index is 13.1. The Labute approximate surface area is 146 Å². The molecule has 1 N–H and O–H groups in total. The molecule has 1 aliphatic heterocycles. The Morgan fingerprint density at radius 3 is 2.56 bits per heavy atom. The quantitative estimate of drug-likeness (QED) is 0.849. The molecular formula is C16H13ClF2N2O4. The van der Waals surface area contributed by atoms with E-state index in [0.29, 0.717) is 11.1 Å². The summed E-state index contributed by atoms with van der Waals surface area (Å²) in [6.45, 7) is 3.45. The van der Waals surface area contributed by atoms with E-state index in [1.165, 1.54) is 24.4 Å². The summed E-state index contributed by atoms with van der Waals surface area (Å²) in [4.78, 5) is 15.6. The molecule has 2 aromatic rings. The number of hydrogen-bond donors (Lipinski definition) is 1. The van der Waals surface area contributed by atoms with Crippen molar-refractivity contribution >= 4 is 23.5 Å². The van der Waals surface area contributed by atoms with Crippen LogP contribution in [0.3, 0.4) is 0 Å². The molecule has 0 saturated heterocycles. The van der Waals surface area contributed by atoms with Crippen molar-refractivity contribution < 1.29 is 27.8 Å². The van der Waals surface area contributed by atoms with Gasteiger partial charge in [-0.25, -0.2) is 9.78 Å². The Kier molecular flexibility index (Phi) is 4.38. The highest BCUT2D eigenvalue weighted by Crippen LogP contribution is 2.45. The van der Waals surface area contributed by atoms with Crippen LogP contribution in [0.2, 0.25) is 5.02 Å². The van der Waals surface area contributed by atoms with E-state index in [1.54, 1.807) is 19.9 Å². The predicted molar refractivity (Wildman–Crippen MR) is 86.1 cm³/mol. The Hall–Kier alpha value is -2.61. The number of ether oxygens (including phenoxy) is 3. The lowest BCUT2D eigenvalue weighted by Gasteiger charge is -2.10. The highest BCUT2D eigenvalue weighted by atomic mass is 35.5. The Bertz CT molecular complexity index is 813. The molecule has 1 amide bonds. The number of rotatable bonds is 3. The molecule has 2 heterocycles. The van der Waals surface area contributed by atoms with E-state index in [1.807, 2.05) is 0 Å². The van der Waals surface area contributed by atoms with Gasteiger partial charge in [0.1, 0.15) is 5.82 Å². The van der Waals surface area contributed by atoms with Gasteiger partial charge in [0.15, 0.2) is 11.5 Å². The number of aromatic nitrogens is 1. The highest BCUT2D eigenvalue weighted by molar-refractivity contribution is 6.33. The van der Waals surface area contributed by atoms with Crippen LogP contribution in [0.4, 0.5) is 19.4 Å². The lowest BCUT2D eigenvalue weighted by Crippen LogP contribution is -2.25. The van der Waals surface area contributed by atoms with E-state index in [9.17, 15) is 13.6 Å². The summed E-state index contributed by atoms with van der Waals surface area (Å²) in [6.07, 6.45) is -3.16. The van der Waals surface area contributed by atoms with Gasteiger partial charge in [-0.2, -0.15) is 0 Å². The smallest absolute Gasteiger partial charge is 0.447 e. The van der Waals surface area contributed by atoms with Crippen molar-refractivity contribution in [1.82, 2.24) is 4.98 Å². The SMILES string of the molecule is CC(C)OC(=O)Nc1ccc(-c2cc3c(cc2Cl)OC(F)(F)O3)cn1. The van der Waals surface area contributed by atoms with Gasteiger partial charge in [0.25, 0.3) is 0 Å². The number of nitrogens with one attached hydrogen (secondary N) is 1. The van der Waals surface area contributed by atoms with Crippen molar-refractivity contribution in [1.29, 1.82) is 0 Å². The minimum absolute atomic E-state index is 0.118. The molecule has 3 rings (SSSR count). The fourth-order valence-corrected chi connectivity index (χ4v) is 2.43. The van der Waals surface area contributed by atoms with Crippen LogP contribution in [0.1, 0.15) is 13.8 Å². The maximum Gasteiger partial charge on any atom is 0.586 e. The van der Waals surface area contributed by atoms with Crippen LogP contribution in [-0.4, -0.2) is 23.5 Å². The molecule has 0 fully saturated rings. The molecule has 0 atom stereocenters. The number of halogens is 3. The van der Waals surface area contributed by atoms with Crippen LogP contribution in [0, 0.1) is 0 Å². The lowest BCUT2D eigenvalue weighted by atomic mass is 10.1. The molecule has 1 aromatic carbocycles. The second kappa shape index (κ2) is 6.36. The van der Waals surface area contributed by atoms with Crippen molar-refractivity contribution in [3.05, 3.63) is 35.5 Å². The van der Waals surface area contributed by atoms with E-state index >= 15 is 0 Å². The average molecular weight is 371 g/mol. The fourth-order valence-electron chi connectivity index (χ4n) is 2.17. The zero-order chi connectivity index (χ0) is 18.2. The fraction of sp³-hybridized carbons (Fsp3) is 0.250. The summed E-state index contributed by atoms with van der Waals surface area (Å²) in [5.41, 5.74) is 0.986. The summed E-state index contributed by atoms with van der Waals surface area (Å²) >= 11 is 6.12. The summed E-state index contributed by atoms with van der Waals surface area (Å²) in [6, 6.07) is 5.75. The number of carbonyl (C=O) groups excluding carboxylic acids is 1. The first-order valence-electron chi connectivity index (χ1n) is 7.27. The summed E-state index contributed by atoms with van der Waals surface area (Å²) in [7, 11) is 0. The number of pyridine rings is 1. The molecule has 0 aliphatic carbocycles. The largest absolute Gasteiger partial charge is 0.586 e. The van der Waals surface area contributed by atoms with Gasteiger partial charge in [-0.05, 0) is 32.0 Å². The van der Waals surface area contributed by atoms with Crippen LogP contribution in [0.15, 0.2) is 30.5 Å². The van der Waals surface area contributed by atoms with Gasteiger partial charge in [-0.15, -0.1) is 8.78 Å². The van der Waals surface area contributed by atoms with Gasteiger partial charge in [-0.3, -0.25) is 5.32 Å². The van der Waals surface area contributed by atoms with Crippen molar-refractivity contribution in [2.24, 2.45) is 0 Å². The Balaban J connectivity index is 1.81. The molecule has 0 radical (unpaired) electrons. The molecule has 132 valence electrons. The van der Waals surface area contributed by atoms with Crippen molar-refractivity contribution in [2.45, 2.75) is 26.2 Å². The summed E-state index contributed by atoms with van der Waals surface area (Å²) in [5, 5.41) is 2.67. The van der Waals surface area contributed by atoms with Crippen molar-refractivity contribution in [3.63, 3.8) is 0 Å². The van der Waals surface area contributed by atoms with E-state index in [-0.39, 0.29) is 28.4 Å². The number of anilines is 1. The molecule has 0 bridgehead atoms. The van der Waals surface area contributed by atoms with Gasteiger partial charge < -0.3 is 14.2 Å². The monoisotopic (exact) mass is 370 g/mol. The summed E-state index contributed by atoms with van der Waals surface area (Å²) in [5.74, 6) is 0.0198. The van der Waals surface area contributed by atoms with E-state index in [0.717, 1.165) is 0 Å². The van der Waals surface area contributed by atoms with Crippen LogP contribution >= 0.6 is 11.6 Å². The number of amides is 1. The maximum atomic E-state index is 13.1. The first kappa shape index (κ1) is 17.2. The van der Waals surface area contributed by atoms with E-state index in [4.69, 9.17) is 16.3 Å². The number of fused-ring (bicyclic) bond motifs is 1. The third-order valence-electron chi connectivity index (χ3n) is 3.14. The van der Waals surface area contributed by atoms with Gasteiger partial charge in [-0.1, -0.05) is 11.6 Å². The standard InChI is InChI=1S/C16H13ClF2N2O4/c1-8(2)23-15(22)21-14-4-3-9(7-20-14)10-5-12-13(6-11(10)17)25-16(18,19)24-12/h3-8H,1-2H3,(H,20,21,22). The highest BCUT2D eigenvalue weighted by Gasteiger charge is 2.43. The number of hydrogen-bond acceptors (Lipinski definition) is 5. The van der Waals surface area contributed by atoms with Crippen LogP contribution in [-0.2, 0) is 4.74 Å². The molecule has 0 saturated carbocycles. The zero-order valence-corrected chi connectivity index (χ0v) is 13.9. The lowest BCUT2D eigenvalue weighted by molar-refractivity contribution is -0.286. The zero-order valence-electron chi connectivity index (χ0n) is 13.2. The second-order valence-electron chi connectivity index (χ2n) is 5.46. The molecule has 25 heavy (non-hydrogen) atoms. The molecular weight excluding hydrogens is 358 g/mol. The topological polar surface area (TPSA) is 69.7 Å². The summed E-state index contributed by atoms with van der Waals surface area (Å²) < 4.78 is 39.9. The third kappa shape index (κ3) is 3.90. The van der Waals surface area contributed by atoms with E-state index < -0.39 is 12.4 Å². The first-order valence-corrected chi connectivity index (χ1v) is 7.65. The molecule has 1 aromatic heterocycles. The van der Waals surface area contributed by atoms with Crippen molar-refractivity contribution in [2.75, 3.05) is 5.32 Å². The van der Waals surface area contributed by atoms with Gasteiger partial charge in [0.2, 0.25) is 0 Å². The number of carbonyl (C=O) groups is 1. The van der Waals surface area contributed by atoms with Crippen LogP contribution < -0.4 is 14.8 Å². The number of alkyl halides is 2. The molecule has 1 aliphatic rings. The first-order chi connectivity index (χ1) is 11.7.